The molecule has 11 rings (SSSR count). The molecule has 252 valence electrons. The van der Waals surface area contributed by atoms with Gasteiger partial charge in [-0.15, -0.1) is 0 Å². The number of hydrogen-bond donors (Lipinski definition) is 0. The first kappa shape index (κ1) is 30.4. The Kier molecular flexibility index (Phi) is 6.86. The van der Waals surface area contributed by atoms with Crippen molar-refractivity contribution in [2.24, 2.45) is 0 Å². The average Bonchev–Trinajstić information content (AvgIpc) is 3.76. The van der Waals surface area contributed by atoms with Gasteiger partial charge < -0.3 is 4.90 Å². The van der Waals surface area contributed by atoms with Crippen LogP contribution in [0.3, 0.4) is 0 Å². The molecule has 8 aromatic carbocycles. The Balaban J connectivity index is 1.05. The van der Waals surface area contributed by atoms with Crippen LogP contribution in [0.2, 0.25) is 0 Å². The zero-order valence-electron chi connectivity index (χ0n) is 29.4. The third-order valence-electron chi connectivity index (χ3n) is 10.9. The fourth-order valence-electron chi connectivity index (χ4n) is 8.45. The molecule has 0 N–H and O–H groups in total. The smallest absolute Gasteiger partial charge is 0.146 e. The first-order chi connectivity index (χ1) is 26.8. The topological polar surface area (TPSA) is 20.5 Å². The van der Waals surface area contributed by atoms with E-state index in [1.807, 2.05) is 0 Å². The van der Waals surface area contributed by atoms with Crippen molar-refractivity contribution in [2.45, 2.75) is 0 Å². The van der Waals surface area contributed by atoms with Crippen molar-refractivity contribution < 1.29 is 0 Å². The molecule has 3 aromatic heterocycles. The molecule has 11 aromatic rings. The molecule has 0 amide bonds. The summed E-state index contributed by atoms with van der Waals surface area (Å²) >= 11 is 0. The van der Waals surface area contributed by atoms with Crippen molar-refractivity contribution in [1.82, 2.24) is 9.38 Å². The van der Waals surface area contributed by atoms with E-state index in [9.17, 15) is 0 Å². The van der Waals surface area contributed by atoms with E-state index < -0.39 is 0 Å². The lowest BCUT2D eigenvalue weighted by atomic mass is 9.94. The van der Waals surface area contributed by atoms with Gasteiger partial charge in [-0.25, -0.2) is 4.98 Å². The Morgan fingerprint density at radius 2 is 0.889 bits per heavy atom. The minimum atomic E-state index is 0.995. The average molecular weight is 688 g/mol. The lowest BCUT2D eigenvalue weighted by Crippen LogP contribution is -2.09. The van der Waals surface area contributed by atoms with Gasteiger partial charge in [0.15, 0.2) is 0 Å². The molecule has 0 aliphatic rings. The van der Waals surface area contributed by atoms with Gasteiger partial charge >= 0.3 is 0 Å². The Hall–Kier alpha value is -7.23. The van der Waals surface area contributed by atoms with Gasteiger partial charge in [-0.05, 0) is 76.3 Å². The summed E-state index contributed by atoms with van der Waals surface area (Å²) in [7, 11) is 0. The SMILES string of the molecule is c1ccc(-c2ccc3c4cccc5c6c(-c7ccc(-c8ccc(N(c9ccccc9)c9ccccc9)cc8)cc7)c7ccccc7nc6n(c3c2)c45)cc1. The van der Waals surface area contributed by atoms with E-state index in [0.717, 1.165) is 33.6 Å². The van der Waals surface area contributed by atoms with Gasteiger partial charge in [-0.3, -0.25) is 4.40 Å². The number of benzene rings is 8. The van der Waals surface area contributed by atoms with E-state index in [-0.39, 0.29) is 0 Å². The number of pyridine rings is 1. The second-order valence-corrected chi connectivity index (χ2v) is 14.0. The highest BCUT2D eigenvalue weighted by atomic mass is 15.1. The third-order valence-corrected chi connectivity index (χ3v) is 10.9. The molecule has 0 saturated heterocycles. The highest BCUT2D eigenvalue weighted by Crippen LogP contribution is 2.45. The fourth-order valence-corrected chi connectivity index (χ4v) is 8.45. The summed E-state index contributed by atoms with van der Waals surface area (Å²) in [6, 6.07) is 71.9. The first-order valence-electron chi connectivity index (χ1n) is 18.5. The molecule has 0 atom stereocenters. The quantitative estimate of drug-likeness (QED) is 0.173. The molecule has 0 aliphatic heterocycles. The van der Waals surface area contributed by atoms with Crippen molar-refractivity contribution in [2.75, 3.05) is 4.90 Å². The summed E-state index contributed by atoms with van der Waals surface area (Å²) in [6.45, 7) is 0. The number of fused-ring (bicyclic) bond motifs is 7. The van der Waals surface area contributed by atoms with Crippen LogP contribution >= 0.6 is 0 Å². The predicted molar refractivity (Wildman–Crippen MR) is 227 cm³/mol. The van der Waals surface area contributed by atoms with Crippen LogP contribution in [0.5, 0.6) is 0 Å². The van der Waals surface area contributed by atoms with Crippen LogP contribution in [-0.4, -0.2) is 9.38 Å². The molecular weight excluding hydrogens is 655 g/mol. The molecule has 0 bridgehead atoms. The van der Waals surface area contributed by atoms with Gasteiger partial charge in [0.1, 0.15) is 5.65 Å². The molecule has 0 fully saturated rings. The van der Waals surface area contributed by atoms with E-state index in [0.29, 0.717) is 0 Å². The second kappa shape index (κ2) is 12.2. The number of para-hydroxylation sites is 4. The molecule has 3 heteroatoms. The van der Waals surface area contributed by atoms with Crippen LogP contribution in [0.1, 0.15) is 0 Å². The lowest BCUT2D eigenvalue weighted by Gasteiger charge is -2.25. The predicted octanol–water partition coefficient (Wildman–Crippen LogP) is 13.9. The van der Waals surface area contributed by atoms with Crippen molar-refractivity contribution in [3.63, 3.8) is 0 Å². The van der Waals surface area contributed by atoms with Crippen LogP contribution in [0.25, 0.3) is 82.5 Å². The largest absolute Gasteiger partial charge is 0.311 e. The number of nitrogens with zero attached hydrogens (tertiary/aromatic N) is 3. The molecule has 0 unspecified atom stereocenters. The maximum Gasteiger partial charge on any atom is 0.146 e. The van der Waals surface area contributed by atoms with Crippen molar-refractivity contribution in [1.29, 1.82) is 0 Å². The van der Waals surface area contributed by atoms with E-state index in [1.165, 1.54) is 66.0 Å². The first-order valence-corrected chi connectivity index (χ1v) is 18.5. The van der Waals surface area contributed by atoms with E-state index in [2.05, 4.69) is 209 Å². The van der Waals surface area contributed by atoms with Gasteiger partial charge in [0, 0.05) is 49.6 Å². The molecule has 54 heavy (non-hydrogen) atoms. The monoisotopic (exact) mass is 687 g/mol. The molecule has 0 spiro atoms. The Morgan fingerprint density at radius 1 is 0.370 bits per heavy atom. The number of aromatic nitrogens is 2. The zero-order valence-corrected chi connectivity index (χ0v) is 29.4. The second-order valence-electron chi connectivity index (χ2n) is 14.0. The normalized spacial score (nSPS) is 11.7. The van der Waals surface area contributed by atoms with Gasteiger partial charge in [0.25, 0.3) is 0 Å². The summed E-state index contributed by atoms with van der Waals surface area (Å²) in [5.74, 6) is 0. The number of anilines is 3. The molecule has 3 heterocycles. The maximum absolute atomic E-state index is 5.40. The molecule has 3 nitrogen and oxygen atoms in total. The minimum absolute atomic E-state index is 0.995. The fraction of sp³-hybridized carbons (Fsp3) is 0. The van der Waals surface area contributed by atoms with Gasteiger partial charge in [0.2, 0.25) is 0 Å². The van der Waals surface area contributed by atoms with Crippen LogP contribution < -0.4 is 4.90 Å². The number of rotatable bonds is 6. The summed E-state index contributed by atoms with van der Waals surface area (Å²) in [5.41, 5.74) is 15.0. The van der Waals surface area contributed by atoms with Crippen LogP contribution in [0.15, 0.2) is 200 Å². The van der Waals surface area contributed by atoms with Crippen molar-refractivity contribution >= 4 is 66.2 Å². The molecular formula is C51H33N3. The number of hydrogen-bond acceptors (Lipinski definition) is 2. The molecule has 0 aliphatic carbocycles. The minimum Gasteiger partial charge on any atom is -0.311 e. The Morgan fingerprint density at radius 3 is 1.59 bits per heavy atom. The molecule has 0 saturated carbocycles. The lowest BCUT2D eigenvalue weighted by molar-refractivity contribution is 1.28. The molecule has 0 radical (unpaired) electrons. The van der Waals surface area contributed by atoms with Crippen molar-refractivity contribution in [3.05, 3.63) is 200 Å². The highest BCUT2D eigenvalue weighted by molar-refractivity contribution is 6.28. The third kappa shape index (κ3) is 4.72. The zero-order chi connectivity index (χ0) is 35.6. The van der Waals surface area contributed by atoms with Gasteiger partial charge in [-0.1, -0.05) is 152 Å². The summed E-state index contributed by atoms with van der Waals surface area (Å²) in [5, 5.41) is 6.09. The van der Waals surface area contributed by atoms with Crippen LogP contribution in [-0.2, 0) is 0 Å². The van der Waals surface area contributed by atoms with Gasteiger partial charge in [0.05, 0.1) is 16.6 Å². The summed E-state index contributed by atoms with van der Waals surface area (Å²) in [6.07, 6.45) is 0. The summed E-state index contributed by atoms with van der Waals surface area (Å²) in [4.78, 5) is 7.69. The maximum atomic E-state index is 5.40. The van der Waals surface area contributed by atoms with Crippen LogP contribution in [0, 0.1) is 0 Å². The highest BCUT2D eigenvalue weighted by Gasteiger charge is 2.23. The van der Waals surface area contributed by atoms with E-state index in [4.69, 9.17) is 4.98 Å². The summed E-state index contributed by atoms with van der Waals surface area (Å²) < 4.78 is 2.40. The van der Waals surface area contributed by atoms with Crippen LogP contribution in [0.4, 0.5) is 17.1 Å². The van der Waals surface area contributed by atoms with Gasteiger partial charge in [-0.2, -0.15) is 0 Å². The Bertz CT molecular complexity index is 3070. The van der Waals surface area contributed by atoms with Crippen molar-refractivity contribution in [3.8, 4) is 33.4 Å². The van der Waals surface area contributed by atoms with E-state index >= 15 is 0 Å². The van der Waals surface area contributed by atoms with E-state index in [1.54, 1.807) is 0 Å². The Labute approximate surface area is 313 Å². The standard InChI is InChI=1S/C51H33N3/c1-4-13-34(14-5-1)38-29-32-42-43-20-12-21-45-49-48(44-19-10-11-22-46(44)52-51(49)54(50(43)45)47(42)33-38)37-25-23-35(24-26-37)36-27-30-41(31-28-36)53(39-15-6-2-7-16-39)40-17-8-3-9-18-40/h1-33H.